The third-order valence-electron chi connectivity index (χ3n) is 4.43. The fraction of sp³-hybridized carbons (Fsp3) is 0.0909. The first-order valence-corrected chi connectivity index (χ1v) is 10.5. The summed E-state index contributed by atoms with van der Waals surface area (Å²) < 4.78 is 33.0. The maximum atomic E-state index is 13.0. The SMILES string of the molecule is C.CNS(=O)(=O)c1ccc(NC(=O)c2cn(-c3ccccc3)nc2-c2ccco2)cc1. The molecule has 0 aliphatic carbocycles. The van der Waals surface area contributed by atoms with Crippen molar-refractivity contribution >= 4 is 21.6 Å². The van der Waals surface area contributed by atoms with Crippen LogP contribution in [0.25, 0.3) is 17.1 Å². The number of nitrogens with one attached hydrogen (secondary N) is 2. The van der Waals surface area contributed by atoms with Gasteiger partial charge in [-0.3, -0.25) is 4.79 Å². The number of furan rings is 1. The molecule has 0 saturated heterocycles. The van der Waals surface area contributed by atoms with E-state index >= 15 is 0 Å². The van der Waals surface area contributed by atoms with Gasteiger partial charge in [0.25, 0.3) is 5.91 Å². The van der Waals surface area contributed by atoms with Crippen molar-refractivity contribution in [1.29, 1.82) is 0 Å². The number of rotatable bonds is 6. The standard InChI is InChI=1S/C21H18N4O4S.CH4/c1-22-30(27,28)17-11-9-15(10-12-17)23-21(26)18-14-25(16-6-3-2-4-7-16)24-20(18)19-8-5-13-29-19;/h2-14,22H,1H3,(H,23,26);1H4. The normalized spacial score (nSPS) is 11.0. The Kier molecular flexibility index (Phi) is 6.38. The zero-order valence-electron chi connectivity index (χ0n) is 15.9. The lowest BCUT2D eigenvalue weighted by atomic mass is 10.2. The van der Waals surface area contributed by atoms with Gasteiger partial charge in [0.2, 0.25) is 10.0 Å². The van der Waals surface area contributed by atoms with Gasteiger partial charge in [-0.2, -0.15) is 5.10 Å². The summed E-state index contributed by atoms with van der Waals surface area (Å²) in [6, 6.07) is 18.7. The molecule has 2 heterocycles. The van der Waals surface area contributed by atoms with E-state index in [1.165, 1.54) is 37.6 Å². The van der Waals surface area contributed by atoms with E-state index in [9.17, 15) is 13.2 Å². The molecule has 4 rings (SSSR count). The smallest absolute Gasteiger partial charge is 0.259 e. The number of amides is 1. The van der Waals surface area contributed by atoms with Crippen molar-refractivity contribution in [3.8, 4) is 17.1 Å². The summed E-state index contributed by atoms with van der Waals surface area (Å²) in [5.41, 5.74) is 1.97. The molecule has 0 aliphatic heterocycles. The molecule has 0 spiro atoms. The average Bonchev–Trinajstić information content (AvgIpc) is 3.45. The summed E-state index contributed by atoms with van der Waals surface area (Å²) in [6.07, 6.45) is 3.14. The highest BCUT2D eigenvalue weighted by atomic mass is 32.2. The van der Waals surface area contributed by atoms with E-state index in [0.29, 0.717) is 22.7 Å². The molecule has 2 aromatic heterocycles. The number of sulfonamides is 1. The molecule has 0 aliphatic rings. The second-order valence-corrected chi connectivity index (χ2v) is 8.22. The Morgan fingerprint density at radius 1 is 1.00 bits per heavy atom. The Morgan fingerprint density at radius 3 is 2.32 bits per heavy atom. The van der Waals surface area contributed by atoms with Crippen molar-refractivity contribution in [1.82, 2.24) is 14.5 Å². The van der Waals surface area contributed by atoms with E-state index in [1.54, 1.807) is 23.0 Å². The van der Waals surface area contributed by atoms with Gasteiger partial charge in [-0.25, -0.2) is 17.8 Å². The highest BCUT2D eigenvalue weighted by Crippen LogP contribution is 2.25. The van der Waals surface area contributed by atoms with E-state index in [-0.39, 0.29) is 12.3 Å². The Hall–Kier alpha value is -3.69. The molecule has 0 atom stereocenters. The van der Waals surface area contributed by atoms with E-state index in [4.69, 9.17) is 4.42 Å². The van der Waals surface area contributed by atoms with E-state index in [0.717, 1.165) is 5.69 Å². The molecule has 9 heteroatoms. The third-order valence-corrected chi connectivity index (χ3v) is 5.86. The van der Waals surface area contributed by atoms with Crippen molar-refractivity contribution in [2.45, 2.75) is 12.3 Å². The zero-order valence-corrected chi connectivity index (χ0v) is 16.8. The molecule has 8 nitrogen and oxygen atoms in total. The minimum Gasteiger partial charge on any atom is -0.463 e. The Labute approximate surface area is 180 Å². The van der Waals surface area contributed by atoms with Gasteiger partial charge in [-0.05, 0) is 55.6 Å². The molecule has 0 bridgehead atoms. The molecule has 2 N–H and O–H groups in total. The number of aromatic nitrogens is 2. The highest BCUT2D eigenvalue weighted by Gasteiger charge is 2.21. The van der Waals surface area contributed by atoms with Crippen LogP contribution in [-0.4, -0.2) is 31.2 Å². The summed E-state index contributed by atoms with van der Waals surface area (Å²) in [4.78, 5) is 13.1. The number of carbonyl (C=O) groups excluding carboxylic acids is 1. The summed E-state index contributed by atoms with van der Waals surface area (Å²) >= 11 is 0. The number of carbonyl (C=O) groups is 1. The maximum absolute atomic E-state index is 13.0. The maximum Gasteiger partial charge on any atom is 0.259 e. The van der Waals surface area contributed by atoms with Gasteiger partial charge in [-0.15, -0.1) is 0 Å². The van der Waals surface area contributed by atoms with E-state index in [1.807, 2.05) is 30.3 Å². The summed E-state index contributed by atoms with van der Waals surface area (Å²) in [7, 11) is -2.21. The van der Waals surface area contributed by atoms with Crippen molar-refractivity contribution in [2.24, 2.45) is 0 Å². The predicted octanol–water partition coefficient (Wildman–Crippen LogP) is 3.93. The predicted molar refractivity (Wildman–Crippen MR) is 119 cm³/mol. The van der Waals surface area contributed by atoms with Gasteiger partial charge in [0, 0.05) is 11.9 Å². The second-order valence-electron chi connectivity index (χ2n) is 6.33. The molecule has 2 aromatic carbocycles. The molecular weight excluding hydrogens is 416 g/mol. The van der Waals surface area contributed by atoms with Gasteiger partial charge < -0.3 is 9.73 Å². The largest absolute Gasteiger partial charge is 0.463 e. The molecule has 0 unspecified atom stereocenters. The number of hydrogen-bond acceptors (Lipinski definition) is 5. The van der Waals surface area contributed by atoms with Crippen LogP contribution in [0.1, 0.15) is 17.8 Å². The van der Waals surface area contributed by atoms with Crippen LogP contribution in [-0.2, 0) is 10.0 Å². The molecule has 0 saturated carbocycles. The van der Waals surface area contributed by atoms with Crippen LogP contribution >= 0.6 is 0 Å². The van der Waals surface area contributed by atoms with Crippen LogP contribution in [0, 0.1) is 0 Å². The molecule has 31 heavy (non-hydrogen) atoms. The molecule has 160 valence electrons. The van der Waals surface area contributed by atoms with Gasteiger partial charge in [0.05, 0.1) is 22.4 Å². The quantitative estimate of drug-likeness (QED) is 0.474. The first-order chi connectivity index (χ1) is 14.5. The highest BCUT2D eigenvalue weighted by molar-refractivity contribution is 7.89. The van der Waals surface area contributed by atoms with Crippen LogP contribution in [0.2, 0.25) is 0 Å². The summed E-state index contributed by atoms with van der Waals surface area (Å²) in [5.74, 6) is 0.0677. The lowest BCUT2D eigenvalue weighted by Gasteiger charge is -2.06. The summed E-state index contributed by atoms with van der Waals surface area (Å²) in [6.45, 7) is 0. The van der Waals surface area contributed by atoms with Crippen molar-refractivity contribution in [3.63, 3.8) is 0 Å². The van der Waals surface area contributed by atoms with Crippen LogP contribution in [0.5, 0.6) is 0 Å². The van der Waals surface area contributed by atoms with Gasteiger partial charge in [0.15, 0.2) is 5.76 Å². The molecule has 4 aromatic rings. The number of nitrogens with zero attached hydrogens (tertiary/aromatic N) is 2. The monoisotopic (exact) mass is 438 g/mol. The molecule has 0 fully saturated rings. The second kappa shape index (κ2) is 8.99. The third kappa shape index (κ3) is 4.57. The number of para-hydroxylation sites is 1. The van der Waals surface area contributed by atoms with Crippen LogP contribution in [0.3, 0.4) is 0 Å². The fourth-order valence-corrected chi connectivity index (χ4v) is 3.61. The lowest BCUT2D eigenvalue weighted by Crippen LogP contribution is -2.18. The van der Waals surface area contributed by atoms with Crippen molar-refractivity contribution in [3.05, 3.63) is 84.8 Å². The van der Waals surface area contributed by atoms with Gasteiger partial charge >= 0.3 is 0 Å². The Morgan fingerprint density at radius 2 is 1.71 bits per heavy atom. The van der Waals surface area contributed by atoms with Crippen LogP contribution < -0.4 is 10.0 Å². The number of benzene rings is 2. The van der Waals surface area contributed by atoms with Crippen LogP contribution in [0.4, 0.5) is 5.69 Å². The fourth-order valence-electron chi connectivity index (χ4n) is 2.88. The Balaban J connectivity index is 0.00000272. The number of anilines is 1. The first-order valence-electron chi connectivity index (χ1n) is 9.02. The van der Waals surface area contributed by atoms with Crippen molar-refractivity contribution < 1.29 is 17.6 Å². The van der Waals surface area contributed by atoms with Gasteiger partial charge in [0.1, 0.15) is 5.69 Å². The zero-order chi connectivity index (χ0) is 21.1. The lowest BCUT2D eigenvalue weighted by molar-refractivity contribution is 0.102. The minimum atomic E-state index is -3.55. The average molecular weight is 439 g/mol. The number of hydrogen-bond donors (Lipinski definition) is 2. The van der Waals surface area contributed by atoms with Gasteiger partial charge in [-0.1, -0.05) is 25.6 Å². The Bertz CT molecular complexity index is 1260. The minimum absolute atomic E-state index is 0. The first kappa shape index (κ1) is 22.0. The van der Waals surface area contributed by atoms with Crippen molar-refractivity contribution in [2.75, 3.05) is 12.4 Å². The van der Waals surface area contributed by atoms with Crippen LogP contribution in [0.15, 0.2) is 88.5 Å². The topological polar surface area (TPSA) is 106 Å². The van der Waals surface area contributed by atoms with E-state index < -0.39 is 15.9 Å². The molecule has 1 amide bonds. The molecule has 0 radical (unpaired) electrons. The molecular formula is C22H22N4O4S. The van der Waals surface area contributed by atoms with E-state index in [2.05, 4.69) is 15.1 Å². The summed E-state index contributed by atoms with van der Waals surface area (Å²) in [5, 5.41) is 7.29.